The maximum atomic E-state index is 13.5. The predicted molar refractivity (Wildman–Crippen MR) is 154 cm³/mol. The fourth-order valence-corrected chi connectivity index (χ4v) is 7.20. The molecule has 9 nitrogen and oxygen atoms in total. The number of likely N-dealkylation sites (N-methyl/N-ethyl adjacent to an activating group) is 1. The van der Waals surface area contributed by atoms with Crippen LogP contribution in [0.15, 0.2) is 87.1 Å². The largest absolute Gasteiger partial charge is 0.325 e. The molecule has 208 valence electrons. The van der Waals surface area contributed by atoms with Gasteiger partial charge in [-0.3, -0.25) is 4.79 Å². The zero-order chi connectivity index (χ0) is 28.2. The number of nitrogens with zero attached hydrogens (tertiary/aromatic N) is 3. The van der Waals surface area contributed by atoms with Crippen LogP contribution < -0.4 is 5.32 Å². The molecule has 0 atom stereocenters. The molecule has 1 amide bonds. The van der Waals surface area contributed by atoms with E-state index in [0.29, 0.717) is 31.9 Å². The summed E-state index contributed by atoms with van der Waals surface area (Å²) in [5.41, 5.74) is 2.01. The Morgan fingerprint density at radius 1 is 0.846 bits per heavy atom. The van der Waals surface area contributed by atoms with Crippen molar-refractivity contribution in [2.45, 2.75) is 23.3 Å². The van der Waals surface area contributed by atoms with Crippen LogP contribution in [0.2, 0.25) is 0 Å². The molecule has 1 N–H and O–H groups in total. The van der Waals surface area contributed by atoms with Crippen LogP contribution in [-0.4, -0.2) is 76.0 Å². The predicted octanol–water partition coefficient (Wildman–Crippen LogP) is 3.52. The normalized spacial score (nSPS) is 15.4. The zero-order valence-corrected chi connectivity index (χ0v) is 25.0. The molecule has 1 aliphatic heterocycles. The van der Waals surface area contributed by atoms with Gasteiger partial charge in [-0.05, 0) is 68.1 Å². The molecule has 3 aromatic rings. The minimum Gasteiger partial charge on any atom is -0.325 e. The second kappa shape index (κ2) is 12.3. The Morgan fingerprint density at radius 2 is 1.41 bits per heavy atom. The molecule has 1 heterocycles. The van der Waals surface area contributed by atoms with Crippen molar-refractivity contribution in [2.75, 3.05) is 45.1 Å². The summed E-state index contributed by atoms with van der Waals surface area (Å²) in [6.07, 6.45) is 0. The first-order valence-electron chi connectivity index (χ1n) is 12.3. The van der Waals surface area contributed by atoms with E-state index in [0.717, 1.165) is 19.9 Å². The molecule has 0 saturated carbocycles. The van der Waals surface area contributed by atoms with E-state index < -0.39 is 32.5 Å². The third kappa shape index (κ3) is 7.33. The van der Waals surface area contributed by atoms with Crippen molar-refractivity contribution in [2.24, 2.45) is 0 Å². The Balaban J connectivity index is 1.49. The molecule has 4 rings (SSSR count). The first kappa shape index (κ1) is 29.4. The highest BCUT2D eigenvalue weighted by Crippen LogP contribution is 2.22. The lowest BCUT2D eigenvalue weighted by molar-refractivity contribution is -0.116. The minimum absolute atomic E-state index is 0.000878. The lowest BCUT2D eigenvalue weighted by atomic mass is 10.2. The highest BCUT2D eigenvalue weighted by atomic mass is 79.9. The summed E-state index contributed by atoms with van der Waals surface area (Å²) in [6.45, 7) is 3.60. The summed E-state index contributed by atoms with van der Waals surface area (Å²) < 4.78 is 56.4. The van der Waals surface area contributed by atoms with E-state index in [2.05, 4.69) is 26.1 Å². The molecule has 0 spiro atoms. The number of sulfonamides is 2. The molecule has 0 aliphatic carbocycles. The third-order valence-electron chi connectivity index (χ3n) is 6.49. The van der Waals surface area contributed by atoms with E-state index in [1.165, 1.54) is 40.7 Å². The number of benzene rings is 3. The van der Waals surface area contributed by atoms with Gasteiger partial charge in [-0.2, -0.15) is 8.61 Å². The van der Waals surface area contributed by atoms with Crippen LogP contribution in [0.1, 0.15) is 11.1 Å². The SMILES string of the molecule is Cc1ccc(S(=O)(=O)N(CC(=O)Nc2ccc(S(=O)(=O)N3CCN(C)CC3)cc2)Cc2ccc(Br)cc2)cc1. The van der Waals surface area contributed by atoms with Crippen molar-refractivity contribution in [3.05, 3.63) is 88.4 Å². The quantitative estimate of drug-likeness (QED) is 0.386. The van der Waals surface area contributed by atoms with Crippen LogP contribution in [0.25, 0.3) is 0 Å². The maximum absolute atomic E-state index is 13.5. The average Bonchev–Trinajstić information content (AvgIpc) is 2.90. The van der Waals surface area contributed by atoms with Crippen molar-refractivity contribution < 1.29 is 21.6 Å². The number of hydrogen-bond acceptors (Lipinski definition) is 6. The van der Waals surface area contributed by atoms with Gasteiger partial charge in [0.2, 0.25) is 26.0 Å². The van der Waals surface area contributed by atoms with Gasteiger partial charge in [-0.1, -0.05) is 45.8 Å². The topological polar surface area (TPSA) is 107 Å². The summed E-state index contributed by atoms with van der Waals surface area (Å²) in [4.78, 5) is 15.3. The number of rotatable bonds is 9. The standard InChI is InChI=1S/C27H31BrN4O5S2/c1-21-3-11-25(12-4-21)39(36,37)32(19-22-5-7-23(28)8-6-22)20-27(33)29-24-9-13-26(14-10-24)38(34,35)31-17-15-30(2)16-18-31/h3-14H,15-20H2,1-2H3,(H,29,33). The van der Waals surface area contributed by atoms with Gasteiger partial charge in [0.15, 0.2) is 0 Å². The number of carbonyl (C=O) groups excluding carboxylic acids is 1. The molecule has 1 fully saturated rings. The van der Waals surface area contributed by atoms with E-state index in [9.17, 15) is 21.6 Å². The van der Waals surface area contributed by atoms with Gasteiger partial charge in [0.1, 0.15) is 0 Å². The Hall–Kier alpha value is -2.61. The fourth-order valence-electron chi connectivity index (χ4n) is 4.13. The molecular formula is C27H31BrN4O5S2. The lowest BCUT2D eigenvalue weighted by Crippen LogP contribution is -2.46. The number of nitrogens with one attached hydrogen (secondary N) is 1. The smallest absolute Gasteiger partial charge is 0.243 e. The molecule has 39 heavy (non-hydrogen) atoms. The average molecular weight is 636 g/mol. The van der Waals surface area contributed by atoms with Crippen LogP contribution >= 0.6 is 15.9 Å². The number of piperazine rings is 1. The Labute approximate surface area is 238 Å². The number of carbonyl (C=O) groups is 1. The van der Waals surface area contributed by atoms with Crippen LogP contribution in [0.4, 0.5) is 5.69 Å². The summed E-state index contributed by atoms with van der Waals surface area (Å²) in [5.74, 6) is -0.544. The molecule has 0 unspecified atom stereocenters. The van der Waals surface area contributed by atoms with Gasteiger partial charge < -0.3 is 10.2 Å². The number of hydrogen-bond donors (Lipinski definition) is 1. The fraction of sp³-hybridized carbons (Fsp3) is 0.296. The van der Waals surface area contributed by atoms with Crippen LogP contribution in [0, 0.1) is 6.92 Å². The maximum Gasteiger partial charge on any atom is 0.243 e. The molecular weight excluding hydrogens is 604 g/mol. The molecule has 0 radical (unpaired) electrons. The van der Waals surface area contributed by atoms with E-state index in [1.807, 2.05) is 26.1 Å². The number of aryl methyl sites for hydroxylation is 1. The second-order valence-electron chi connectivity index (χ2n) is 9.49. The van der Waals surface area contributed by atoms with Gasteiger partial charge in [0.25, 0.3) is 0 Å². The van der Waals surface area contributed by atoms with Crippen LogP contribution in [0.3, 0.4) is 0 Å². The first-order valence-corrected chi connectivity index (χ1v) is 16.0. The number of halogens is 1. The van der Waals surface area contributed by atoms with E-state index in [1.54, 1.807) is 24.3 Å². The van der Waals surface area contributed by atoms with Gasteiger partial charge in [0, 0.05) is 42.9 Å². The summed E-state index contributed by atoms with van der Waals surface area (Å²) in [5, 5.41) is 2.70. The van der Waals surface area contributed by atoms with Crippen molar-refractivity contribution in [3.63, 3.8) is 0 Å². The molecule has 3 aromatic carbocycles. The van der Waals surface area contributed by atoms with Crippen molar-refractivity contribution in [1.82, 2.24) is 13.5 Å². The highest BCUT2D eigenvalue weighted by Gasteiger charge is 2.29. The first-order chi connectivity index (χ1) is 18.4. The van der Waals surface area contributed by atoms with E-state index in [-0.39, 0.29) is 16.3 Å². The number of amides is 1. The number of anilines is 1. The minimum atomic E-state index is -3.98. The third-order valence-corrected chi connectivity index (χ3v) is 10.7. The summed E-state index contributed by atoms with van der Waals surface area (Å²) in [6, 6.07) is 19.6. The lowest BCUT2D eigenvalue weighted by Gasteiger charge is -2.31. The van der Waals surface area contributed by atoms with E-state index in [4.69, 9.17) is 0 Å². The van der Waals surface area contributed by atoms with Gasteiger partial charge in [-0.15, -0.1) is 0 Å². The van der Waals surface area contributed by atoms with Gasteiger partial charge in [0.05, 0.1) is 16.3 Å². The Kier molecular flexibility index (Phi) is 9.25. The molecule has 1 aliphatic rings. The van der Waals surface area contributed by atoms with Crippen LogP contribution in [-0.2, 0) is 31.4 Å². The van der Waals surface area contributed by atoms with Crippen molar-refractivity contribution in [3.8, 4) is 0 Å². The summed E-state index contributed by atoms with van der Waals surface area (Å²) >= 11 is 3.38. The molecule has 0 bridgehead atoms. The highest BCUT2D eigenvalue weighted by molar-refractivity contribution is 9.10. The Bertz CT molecular complexity index is 1500. The van der Waals surface area contributed by atoms with E-state index >= 15 is 0 Å². The van der Waals surface area contributed by atoms with Gasteiger partial charge in [-0.25, -0.2) is 16.8 Å². The van der Waals surface area contributed by atoms with Crippen LogP contribution in [0.5, 0.6) is 0 Å². The van der Waals surface area contributed by atoms with Crippen molar-refractivity contribution >= 4 is 47.6 Å². The second-order valence-corrected chi connectivity index (χ2v) is 14.3. The molecule has 1 saturated heterocycles. The Morgan fingerprint density at radius 3 is 2.00 bits per heavy atom. The van der Waals surface area contributed by atoms with Gasteiger partial charge >= 0.3 is 0 Å². The monoisotopic (exact) mass is 634 g/mol. The zero-order valence-electron chi connectivity index (χ0n) is 21.7. The summed E-state index contributed by atoms with van der Waals surface area (Å²) in [7, 11) is -5.67. The molecule has 12 heteroatoms. The van der Waals surface area contributed by atoms with Crippen molar-refractivity contribution in [1.29, 1.82) is 0 Å². The molecule has 0 aromatic heterocycles.